The number of sulfonamides is 2. The van der Waals surface area contributed by atoms with Crippen LogP contribution in [0.3, 0.4) is 0 Å². The Morgan fingerprint density at radius 2 is 0.838 bits per heavy atom. The highest BCUT2D eigenvalue weighted by Crippen LogP contribution is 2.43. The predicted molar refractivity (Wildman–Crippen MR) is 267 cm³/mol. The normalized spacial score (nSPS) is 21.2. The fourth-order valence-corrected chi connectivity index (χ4v) is 11.4. The lowest BCUT2D eigenvalue weighted by atomic mass is 9.49. The highest BCUT2D eigenvalue weighted by Gasteiger charge is 2.64. The van der Waals surface area contributed by atoms with Gasteiger partial charge in [-0.3, -0.25) is 8.61 Å². The number of halogens is 1. The molecular weight excluding hydrogens is 969 g/mol. The van der Waals surface area contributed by atoms with Crippen LogP contribution < -0.4 is 14.1 Å². The highest BCUT2D eigenvalue weighted by atomic mass is 79.9. The number of rotatable bonds is 6. The van der Waals surface area contributed by atoms with E-state index in [1.54, 1.807) is 0 Å². The van der Waals surface area contributed by atoms with E-state index < -0.39 is 52.4 Å². The van der Waals surface area contributed by atoms with Crippen LogP contribution in [-0.2, 0) is 60.8 Å². The molecule has 4 aromatic rings. The molecule has 4 aromatic carbocycles. The average molecular weight is 1030 g/mol. The van der Waals surface area contributed by atoms with Crippen molar-refractivity contribution in [3.05, 3.63) is 112 Å². The van der Waals surface area contributed by atoms with Gasteiger partial charge in [0.15, 0.2) is 0 Å². The topological polar surface area (TPSA) is 178 Å². The molecule has 20 heteroatoms. The molecule has 0 unspecified atom stereocenters. The van der Waals surface area contributed by atoms with Gasteiger partial charge in [0.05, 0.1) is 78.0 Å². The first-order valence-corrected chi connectivity index (χ1v) is 26.2. The third-order valence-corrected chi connectivity index (χ3v) is 18.4. The smallest absolute Gasteiger partial charge is 0.405 e. The lowest BCUT2D eigenvalue weighted by Crippen LogP contribution is -2.41. The number of nitriles is 2. The van der Waals surface area contributed by atoms with Gasteiger partial charge in [0.1, 0.15) is 0 Å². The van der Waals surface area contributed by atoms with Gasteiger partial charge in [-0.25, -0.2) is 16.8 Å². The molecule has 0 spiro atoms. The van der Waals surface area contributed by atoms with Crippen molar-refractivity contribution >= 4 is 74.0 Å². The Balaban J connectivity index is 0.000000156. The molecule has 0 aliphatic carbocycles. The van der Waals surface area contributed by atoms with E-state index in [1.807, 2.05) is 132 Å². The lowest BCUT2D eigenvalue weighted by Gasteiger charge is -2.32. The van der Waals surface area contributed by atoms with E-state index in [2.05, 4.69) is 15.9 Å². The molecule has 3 saturated heterocycles. The summed E-state index contributed by atoms with van der Waals surface area (Å²) >= 11 is 3.40. The van der Waals surface area contributed by atoms with Crippen molar-refractivity contribution in [3.63, 3.8) is 0 Å². The van der Waals surface area contributed by atoms with Gasteiger partial charge in [0.25, 0.3) is 20.0 Å². The van der Waals surface area contributed by atoms with Crippen LogP contribution in [0.25, 0.3) is 0 Å². The van der Waals surface area contributed by atoms with Gasteiger partial charge in [-0.15, -0.1) is 0 Å². The fraction of sp³-hybridized carbons (Fsp3) is 0.458. The van der Waals surface area contributed by atoms with Gasteiger partial charge < -0.3 is 27.9 Å². The number of anilines is 2. The number of hydrogen-bond acceptors (Lipinski definition) is 12. The summed E-state index contributed by atoms with van der Waals surface area (Å²) in [6.45, 7) is 25.1. The number of hydrogen-bond donors (Lipinski definition) is 0. The molecule has 0 N–H and O–H groups in total. The first-order chi connectivity index (χ1) is 31.4. The number of benzene rings is 4. The largest absolute Gasteiger partial charge is 0.494 e. The van der Waals surface area contributed by atoms with Crippen molar-refractivity contribution in [1.29, 1.82) is 10.5 Å². The molecular formula is C48H58B3BrN4O10S2. The minimum atomic E-state index is -3.68. The van der Waals surface area contributed by atoms with E-state index in [0.717, 1.165) is 26.7 Å². The zero-order valence-electron chi connectivity index (χ0n) is 40.7. The number of nitrogens with zero attached hydrogens (tertiary/aromatic N) is 4. The van der Waals surface area contributed by atoms with Gasteiger partial charge in [-0.1, -0.05) is 28.1 Å². The summed E-state index contributed by atoms with van der Waals surface area (Å²) in [5.74, 6) is 0. The molecule has 0 bridgehead atoms. The van der Waals surface area contributed by atoms with E-state index in [4.69, 9.17) is 38.4 Å². The zero-order chi connectivity index (χ0) is 50.0. The van der Waals surface area contributed by atoms with Crippen LogP contribution in [0.4, 0.5) is 11.4 Å². The van der Waals surface area contributed by atoms with Crippen molar-refractivity contribution in [2.75, 3.05) is 21.7 Å². The van der Waals surface area contributed by atoms with Gasteiger partial charge in [0.2, 0.25) is 0 Å². The van der Waals surface area contributed by atoms with E-state index in [0.29, 0.717) is 42.7 Å². The molecule has 0 amide bonds. The van der Waals surface area contributed by atoms with E-state index in [1.165, 1.54) is 57.1 Å². The fourth-order valence-electron chi connectivity index (χ4n) is 8.01. The molecule has 0 radical (unpaired) electrons. The van der Waals surface area contributed by atoms with E-state index in [9.17, 15) is 16.8 Å². The summed E-state index contributed by atoms with van der Waals surface area (Å²) in [5, 5.41) is 17.7. The molecule has 9 rings (SSSR count). The Morgan fingerprint density at radius 3 is 1.21 bits per heavy atom. The lowest BCUT2D eigenvalue weighted by molar-refractivity contribution is 0.00578. The molecule has 0 atom stereocenters. The molecule has 0 aromatic heterocycles. The highest BCUT2D eigenvalue weighted by molar-refractivity contribution is 9.10. The van der Waals surface area contributed by atoms with Crippen molar-refractivity contribution in [2.24, 2.45) is 0 Å². The minimum absolute atomic E-state index is 0.180. The first kappa shape index (κ1) is 51.6. The van der Waals surface area contributed by atoms with Crippen molar-refractivity contribution in [2.45, 2.75) is 139 Å². The molecule has 358 valence electrons. The van der Waals surface area contributed by atoms with Crippen LogP contribution >= 0.6 is 15.9 Å². The Morgan fingerprint density at radius 1 is 0.500 bits per heavy atom. The second-order valence-corrected chi connectivity index (χ2v) is 25.1. The van der Waals surface area contributed by atoms with Crippen molar-refractivity contribution < 1.29 is 44.8 Å². The van der Waals surface area contributed by atoms with Gasteiger partial charge in [0, 0.05) is 17.6 Å². The summed E-state index contributed by atoms with van der Waals surface area (Å²) in [6, 6.07) is 27.2. The Kier molecular flexibility index (Phi) is 13.8. The minimum Gasteiger partial charge on any atom is -0.405 e. The predicted octanol–water partition coefficient (Wildman–Crippen LogP) is 7.93. The van der Waals surface area contributed by atoms with Gasteiger partial charge in [-0.2, -0.15) is 10.5 Å². The summed E-state index contributed by atoms with van der Waals surface area (Å²) in [5.41, 5.74) is 2.83. The Hall–Kier alpha value is -4.21. The summed E-state index contributed by atoms with van der Waals surface area (Å²) in [4.78, 5) is 0.386. The molecule has 68 heavy (non-hydrogen) atoms. The second kappa shape index (κ2) is 18.2. The SMILES string of the molecule is CC1(C)OB(B2OC(C)(C)C(C)(C)O2)OC1(C)C.CC1(C)OB(c2ccc3c(c2)CCN3S(=O)(=O)c2ccc(C#N)cc2)OC1(C)C.N#Cc1ccc(S(=O)(=O)N2CCc3cc(Br)ccc32)cc1. The number of fused-ring (bicyclic) bond motifs is 2. The standard InChI is InChI=1S/C21H23BN2O4S.C15H11BrN2O2S.C12H24B2O4/c1-20(2)21(3,4)28-22(27-20)17-7-10-19-16(13-17)11-12-24(19)29(25,26)18-8-5-15(14-23)6-9-18;16-13-3-6-15-12(9-13)7-8-18(15)21(19,20)14-4-1-11(10-17)2-5-14;1-9(2)10(3,4)16-13(15-9)14-17-11(5,6)12(7,8)18-14/h5-10,13H,11-12H2,1-4H3;1-6,9H,7-8H2;1-8H3. The van der Waals surface area contributed by atoms with Gasteiger partial charge in [-0.05, 0) is 185 Å². The molecule has 5 heterocycles. The van der Waals surface area contributed by atoms with Crippen LogP contribution in [-0.4, -0.2) is 84.7 Å². The zero-order valence-corrected chi connectivity index (χ0v) is 43.9. The van der Waals surface area contributed by atoms with E-state index in [-0.39, 0.29) is 32.2 Å². The van der Waals surface area contributed by atoms with Crippen LogP contribution in [0.2, 0.25) is 0 Å². The molecule has 3 fully saturated rings. The van der Waals surface area contributed by atoms with Crippen LogP contribution in [0.1, 0.15) is 105 Å². The van der Waals surface area contributed by atoms with Crippen LogP contribution in [0, 0.1) is 22.7 Å². The quantitative estimate of drug-likeness (QED) is 0.171. The van der Waals surface area contributed by atoms with Gasteiger partial charge >= 0.3 is 21.1 Å². The van der Waals surface area contributed by atoms with Crippen LogP contribution in [0.5, 0.6) is 0 Å². The molecule has 14 nitrogen and oxygen atoms in total. The first-order valence-electron chi connectivity index (χ1n) is 22.5. The Labute approximate surface area is 411 Å². The maximum Gasteiger partial charge on any atom is 0.494 e. The van der Waals surface area contributed by atoms with Crippen molar-refractivity contribution in [1.82, 2.24) is 0 Å². The maximum atomic E-state index is 13.1. The third-order valence-electron chi connectivity index (χ3n) is 14.3. The summed E-state index contributed by atoms with van der Waals surface area (Å²) < 4.78 is 91.5. The van der Waals surface area contributed by atoms with Crippen molar-refractivity contribution in [3.8, 4) is 12.1 Å². The van der Waals surface area contributed by atoms with E-state index >= 15 is 0 Å². The second-order valence-electron chi connectivity index (χ2n) is 20.4. The average Bonchev–Trinajstić information content (AvgIpc) is 4.04. The third kappa shape index (κ3) is 9.78. The van der Waals surface area contributed by atoms with Crippen LogP contribution in [0.15, 0.2) is 99.2 Å². The Bertz CT molecular complexity index is 2800. The molecule has 5 aliphatic rings. The molecule has 5 aliphatic heterocycles. The summed E-state index contributed by atoms with van der Waals surface area (Å²) in [7, 11) is -8.70. The maximum absolute atomic E-state index is 13.1. The monoisotopic (exact) mass is 1030 g/mol. The summed E-state index contributed by atoms with van der Waals surface area (Å²) in [6.07, 6.45) is 1.32. The molecule has 0 saturated carbocycles.